The van der Waals surface area contributed by atoms with E-state index in [1.807, 2.05) is 0 Å². The molecular weight excluding hydrogens is 390 g/mol. The maximum absolute atomic E-state index is 12.7. The molecule has 1 N–H and O–H groups in total. The molecule has 0 fully saturated rings. The van der Waals surface area contributed by atoms with Gasteiger partial charge in [0.25, 0.3) is 11.8 Å². The van der Waals surface area contributed by atoms with E-state index in [0.717, 1.165) is 0 Å². The number of nitrogens with zero attached hydrogens (tertiary/aromatic N) is 1. The molecular formula is C22H23NO7. The van der Waals surface area contributed by atoms with Gasteiger partial charge in [0.1, 0.15) is 11.2 Å². The van der Waals surface area contributed by atoms with E-state index in [4.69, 9.17) is 9.47 Å². The molecule has 1 aliphatic rings. The van der Waals surface area contributed by atoms with Gasteiger partial charge in [-0.3, -0.25) is 14.8 Å². The highest BCUT2D eigenvalue weighted by Crippen LogP contribution is 2.35. The molecule has 0 aliphatic carbocycles. The normalized spacial score (nSPS) is 14.2. The Morgan fingerprint density at radius 1 is 0.767 bits per heavy atom. The third-order valence-electron chi connectivity index (χ3n) is 4.24. The Labute approximate surface area is 173 Å². The molecule has 8 heteroatoms. The van der Waals surface area contributed by atoms with Gasteiger partial charge < -0.3 is 9.47 Å². The van der Waals surface area contributed by atoms with Gasteiger partial charge in [-0.15, -0.1) is 5.06 Å². The zero-order valence-electron chi connectivity index (χ0n) is 17.7. The molecule has 0 unspecified atom stereocenters. The van der Waals surface area contributed by atoms with Crippen LogP contribution in [0.1, 0.15) is 83.0 Å². The molecule has 1 aliphatic heterocycles. The minimum absolute atomic E-state index is 0.0984. The minimum Gasteiger partial charge on any atom is -0.456 e. The molecule has 0 spiro atoms. The average Bonchev–Trinajstić information content (AvgIpc) is 2.60. The van der Waals surface area contributed by atoms with E-state index in [2.05, 4.69) is 0 Å². The monoisotopic (exact) mass is 413 g/mol. The predicted molar refractivity (Wildman–Crippen MR) is 107 cm³/mol. The molecule has 30 heavy (non-hydrogen) atoms. The fourth-order valence-corrected chi connectivity index (χ4v) is 3.17. The van der Waals surface area contributed by atoms with Crippen molar-refractivity contribution in [3.05, 3.63) is 46.5 Å². The second-order valence-corrected chi connectivity index (χ2v) is 9.00. The van der Waals surface area contributed by atoms with E-state index >= 15 is 0 Å². The molecule has 8 nitrogen and oxygen atoms in total. The van der Waals surface area contributed by atoms with Gasteiger partial charge in [-0.1, -0.05) is 12.1 Å². The number of esters is 2. The Kier molecular flexibility index (Phi) is 4.94. The highest BCUT2D eigenvalue weighted by molar-refractivity contribution is 6.29. The molecule has 0 atom stereocenters. The van der Waals surface area contributed by atoms with Crippen molar-refractivity contribution in [1.29, 1.82) is 0 Å². The van der Waals surface area contributed by atoms with Crippen molar-refractivity contribution in [3.8, 4) is 0 Å². The standard InChI is InChI=1S/C22H23NO7/c1-21(2,3)29-19(26)12-9-7-11-8-10-13(20(27)30-22(4,5)6)16-14(11)15(12)17(24)23(28)18(16)25/h7-10,28H,1-6H3. The van der Waals surface area contributed by atoms with Crippen molar-refractivity contribution in [1.82, 2.24) is 5.06 Å². The van der Waals surface area contributed by atoms with Gasteiger partial charge in [0.2, 0.25) is 0 Å². The Morgan fingerprint density at radius 3 is 1.47 bits per heavy atom. The summed E-state index contributed by atoms with van der Waals surface area (Å²) < 4.78 is 10.7. The topological polar surface area (TPSA) is 110 Å². The van der Waals surface area contributed by atoms with Gasteiger partial charge in [-0.25, -0.2) is 9.59 Å². The number of carbonyl (C=O) groups is 4. The van der Waals surface area contributed by atoms with Crippen molar-refractivity contribution in [2.45, 2.75) is 52.7 Å². The number of amides is 2. The van der Waals surface area contributed by atoms with E-state index < -0.39 is 35.0 Å². The van der Waals surface area contributed by atoms with E-state index in [-0.39, 0.29) is 32.7 Å². The number of hydroxylamine groups is 2. The highest BCUT2D eigenvalue weighted by Gasteiger charge is 2.39. The van der Waals surface area contributed by atoms with Crippen LogP contribution in [0.2, 0.25) is 0 Å². The molecule has 0 radical (unpaired) electrons. The molecule has 158 valence electrons. The summed E-state index contributed by atoms with van der Waals surface area (Å²) >= 11 is 0. The first-order valence-electron chi connectivity index (χ1n) is 9.35. The Balaban J connectivity index is 2.32. The van der Waals surface area contributed by atoms with Crippen LogP contribution in [0.5, 0.6) is 0 Å². The smallest absolute Gasteiger partial charge is 0.339 e. The minimum atomic E-state index is -1.07. The van der Waals surface area contributed by atoms with Crippen molar-refractivity contribution in [2.24, 2.45) is 0 Å². The van der Waals surface area contributed by atoms with Crippen LogP contribution < -0.4 is 0 Å². The quantitative estimate of drug-likeness (QED) is 0.454. The van der Waals surface area contributed by atoms with Crippen molar-refractivity contribution >= 4 is 34.5 Å². The van der Waals surface area contributed by atoms with Gasteiger partial charge in [-0.2, -0.15) is 0 Å². The Bertz CT molecular complexity index is 1020. The van der Waals surface area contributed by atoms with Crippen LogP contribution in [0.4, 0.5) is 0 Å². The van der Waals surface area contributed by atoms with Crippen LogP contribution in [-0.2, 0) is 9.47 Å². The molecule has 1 heterocycles. The van der Waals surface area contributed by atoms with E-state index in [1.165, 1.54) is 12.1 Å². The zero-order valence-corrected chi connectivity index (χ0v) is 17.7. The second kappa shape index (κ2) is 6.91. The molecule has 2 aromatic rings. The maximum Gasteiger partial charge on any atom is 0.339 e. The number of hydrogen-bond acceptors (Lipinski definition) is 7. The molecule has 2 amide bonds. The summed E-state index contributed by atoms with van der Waals surface area (Å²) in [6, 6.07) is 5.89. The zero-order chi connectivity index (χ0) is 22.6. The highest BCUT2D eigenvalue weighted by atomic mass is 16.6. The van der Waals surface area contributed by atoms with Crippen LogP contribution in [-0.4, -0.2) is 45.2 Å². The SMILES string of the molecule is CC(C)(C)OC(=O)c1ccc2ccc(C(=O)OC(C)(C)C)c3c2c1C(=O)N(O)C3=O. The summed E-state index contributed by atoms with van der Waals surface area (Å²) in [6.45, 7) is 10.0. The Morgan fingerprint density at radius 2 is 1.13 bits per heavy atom. The largest absolute Gasteiger partial charge is 0.456 e. The van der Waals surface area contributed by atoms with Crippen LogP contribution in [0.25, 0.3) is 10.8 Å². The molecule has 0 bridgehead atoms. The average molecular weight is 413 g/mol. The summed E-state index contributed by atoms with van der Waals surface area (Å²) in [5.41, 5.74) is -2.29. The van der Waals surface area contributed by atoms with E-state index in [0.29, 0.717) is 5.39 Å². The number of hydrogen-bond donors (Lipinski definition) is 1. The lowest BCUT2D eigenvalue weighted by atomic mass is 9.88. The number of ether oxygens (including phenoxy) is 2. The first kappa shape index (κ1) is 21.4. The Hall–Kier alpha value is -3.26. The van der Waals surface area contributed by atoms with Crippen molar-refractivity contribution in [2.75, 3.05) is 0 Å². The van der Waals surface area contributed by atoms with Crippen molar-refractivity contribution in [3.63, 3.8) is 0 Å². The van der Waals surface area contributed by atoms with Crippen molar-refractivity contribution < 1.29 is 33.9 Å². The van der Waals surface area contributed by atoms with Gasteiger partial charge >= 0.3 is 11.9 Å². The number of rotatable bonds is 2. The second-order valence-electron chi connectivity index (χ2n) is 9.00. The number of carbonyl (C=O) groups excluding carboxylic acids is 4. The molecule has 0 saturated carbocycles. The number of benzene rings is 2. The first-order chi connectivity index (χ1) is 13.7. The predicted octanol–water partition coefficient (Wildman–Crippen LogP) is 3.74. The number of imide groups is 1. The summed E-state index contributed by atoms with van der Waals surface area (Å²) in [7, 11) is 0. The van der Waals surface area contributed by atoms with Gasteiger partial charge in [-0.05, 0) is 59.1 Å². The van der Waals surface area contributed by atoms with Gasteiger partial charge in [0.05, 0.1) is 22.3 Å². The lowest BCUT2D eigenvalue weighted by molar-refractivity contribution is -0.0383. The third kappa shape index (κ3) is 3.78. The molecule has 0 aromatic heterocycles. The molecule has 2 aromatic carbocycles. The fraction of sp³-hybridized carbons (Fsp3) is 0.364. The molecule has 3 rings (SSSR count). The summed E-state index contributed by atoms with van der Waals surface area (Å²) in [6.07, 6.45) is 0. The van der Waals surface area contributed by atoms with Gasteiger partial charge in [0.15, 0.2) is 0 Å². The summed E-state index contributed by atoms with van der Waals surface area (Å²) in [4.78, 5) is 50.9. The third-order valence-corrected chi connectivity index (χ3v) is 4.24. The summed E-state index contributed by atoms with van der Waals surface area (Å²) in [5.74, 6) is -3.71. The van der Waals surface area contributed by atoms with E-state index in [9.17, 15) is 24.4 Å². The lowest BCUT2D eigenvalue weighted by Gasteiger charge is -2.27. The van der Waals surface area contributed by atoms with Crippen LogP contribution in [0, 0.1) is 0 Å². The maximum atomic E-state index is 12.7. The first-order valence-corrected chi connectivity index (χ1v) is 9.35. The fourth-order valence-electron chi connectivity index (χ4n) is 3.17. The van der Waals surface area contributed by atoms with Crippen LogP contribution in [0.3, 0.4) is 0 Å². The lowest BCUT2D eigenvalue weighted by Crippen LogP contribution is -2.40. The van der Waals surface area contributed by atoms with Crippen LogP contribution in [0.15, 0.2) is 24.3 Å². The van der Waals surface area contributed by atoms with Gasteiger partial charge in [0, 0.05) is 5.39 Å². The van der Waals surface area contributed by atoms with Crippen LogP contribution >= 0.6 is 0 Å². The molecule has 0 saturated heterocycles. The summed E-state index contributed by atoms with van der Waals surface area (Å²) in [5, 5.41) is 10.6. The van der Waals surface area contributed by atoms with E-state index in [1.54, 1.807) is 53.7 Å².